The van der Waals surface area contributed by atoms with Gasteiger partial charge in [0.25, 0.3) is 0 Å². The summed E-state index contributed by atoms with van der Waals surface area (Å²) in [5, 5.41) is 0. The minimum Gasteiger partial charge on any atom is -0.311 e. The first-order valence-corrected chi connectivity index (χ1v) is 9.75. The largest absolute Gasteiger partial charge is 0.311 e. The van der Waals surface area contributed by atoms with Crippen LogP contribution < -0.4 is 0 Å². The number of thioether (sulfide) groups is 1. The topological polar surface area (TPSA) is 48.2 Å². The second kappa shape index (κ2) is 5.86. The molecule has 0 radical (unpaired) electrons. The second-order valence-corrected chi connectivity index (χ2v) is 9.94. The molecule has 0 bridgehead atoms. The van der Waals surface area contributed by atoms with Crippen molar-refractivity contribution in [3.05, 3.63) is 34.0 Å². The third kappa shape index (κ3) is 3.44. The summed E-state index contributed by atoms with van der Waals surface area (Å²) in [4.78, 5) is 0.309. The Morgan fingerprint density at radius 3 is 2.61 bits per heavy atom. The lowest BCUT2D eigenvalue weighted by Crippen LogP contribution is -2.25. The van der Waals surface area contributed by atoms with Gasteiger partial charge >= 0.3 is 0 Å². The minimum absolute atomic E-state index is 0.309. The zero-order valence-electron chi connectivity index (χ0n) is 10.5. The molecule has 100 valence electrons. The van der Waals surface area contributed by atoms with E-state index in [1.165, 1.54) is 0 Å². The number of benzene rings is 1. The molecule has 0 aromatic heterocycles. The van der Waals surface area contributed by atoms with E-state index in [2.05, 4.69) is 11.1 Å². The Labute approximate surface area is 116 Å². The van der Waals surface area contributed by atoms with E-state index >= 15 is 0 Å². The van der Waals surface area contributed by atoms with Crippen molar-refractivity contribution in [2.45, 2.75) is 29.7 Å². The average molecular weight is 303 g/mol. The van der Waals surface area contributed by atoms with Gasteiger partial charge in [-0.3, -0.25) is 0 Å². The molecular weight excluding hydrogens is 286 g/mol. The van der Waals surface area contributed by atoms with Crippen LogP contribution in [0.25, 0.3) is 4.13 Å². The van der Waals surface area contributed by atoms with E-state index < -0.39 is 10.0 Å². The highest BCUT2D eigenvalue weighted by Gasteiger charge is 2.26. The van der Waals surface area contributed by atoms with Crippen LogP contribution >= 0.6 is 11.8 Å². The van der Waals surface area contributed by atoms with Crippen molar-refractivity contribution in [2.24, 2.45) is 0 Å². The Morgan fingerprint density at radius 1 is 1.33 bits per heavy atom. The van der Waals surface area contributed by atoms with Crippen LogP contribution in [0.2, 0.25) is 0 Å². The van der Waals surface area contributed by atoms with Crippen LogP contribution in [0.4, 0.5) is 0 Å². The van der Waals surface area contributed by atoms with E-state index in [4.69, 9.17) is 0 Å². The van der Waals surface area contributed by atoms with Gasteiger partial charge in [0.05, 0.1) is 10.6 Å². The fourth-order valence-corrected chi connectivity index (χ4v) is 7.41. The zero-order valence-corrected chi connectivity index (χ0v) is 12.9. The van der Waals surface area contributed by atoms with Crippen LogP contribution in [-0.2, 0) is 21.1 Å². The fourth-order valence-electron chi connectivity index (χ4n) is 1.68. The van der Waals surface area contributed by atoms with Crippen molar-refractivity contribution in [2.75, 3.05) is 11.5 Å². The highest BCUT2D eigenvalue weighted by atomic mass is 32.3. The van der Waals surface area contributed by atoms with Gasteiger partial charge in [-0.05, 0) is 26.0 Å². The summed E-state index contributed by atoms with van der Waals surface area (Å²) < 4.78 is 28.8. The SMILES string of the molecule is Cc1ccc(S(=O)(=O)[N-][S+]2CCCS[C@H]2C)cc1. The summed E-state index contributed by atoms with van der Waals surface area (Å²) in [6, 6.07) is 6.90. The van der Waals surface area contributed by atoms with Crippen LogP contribution in [-0.4, -0.2) is 24.5 Å². The van der Waals surface area contributed by atoms with Gasteiger partial charge in [-0.1, -0.05) is 28.8 Å². The zero-order chi connectivity index (χ0) is 13.2. The molecule has 0 N–H and O–H groups in total. The Balaban J connectivity index is 2.13. The standard InChI is InChI=1S/C12H17NO2S3/c1-10-4-6-12(7-5-10)18(14,15)13-17-9-3-8-16-11(17)2/h4-7,11H,3,8-9H2,1-2H3/t11-,17?/m1/s1. The van der Waals surface area contributed by atoms with Gasteiger partial charge in [-0.25, -0.2) is 8.42 Å². The van der Waals surface area contributed by atoms with E-state index in [9.17, 15) is 8.42 Å². The lowest BCUT2D eigenvalue weighted by Gasteiger charge is -2.29. The number of hydrogen-bond donors (Lipinski definition) is 0. The summed E-state index contributed by atoms with van der Waals surface area (Å²) in [6.07, 6.45) is 1.06. The monoisotopic (exact) mass is 303 g/mol. The maximum Gasteiger partial charge on any atom is 0.149 e. The van der Waals surface area contributed by atoms with Crippen molar-refractivity contribution < 1.29 is 8.42 Å². The van der Waals surface area contributed by atoms with E-state index in [1.54, 1.807) is 12.1 Å². The molecule has 1 aromatic carbocycles. The number of rotatable bonds is 3. The molecule has 3 nitrogen and oxygen atoms in total. The number of sulfonamides is 1. The smallest absolute Gasteiger partial charge is 0.149 e. The van der Waals surface area contributed by atoms with Gasteiger partial charge in [0.15, 0.2) is 0 Å². The molecular formula is C12H17NO2S3. The van der Waals surface area contributed by atoms with E-state index in [0.29, 0.717) is 9.48 Å². The Hall–Kier alpha value is -0.170. The van der Waals surface area contributed by atoms with Crippen LogP contribution in [0, 0.1) is 6.92 Å². The maximum absolute atomic E-state index is 12.2. The van der Waals surface area contributed by atoms with Crippen LogP contribution in [0.3, 0.4) is 0 Å². The molecule has 1 unspecified atom stereocenters. The highest BCUT2D eigenvalue weighted by Crippen LogP contribution is 2.34. The van der Waals surface area contributed by atoms with E-state index in [1.807, 2.05) is 30.8 Å². The summed E-state index contributed by atoms with van der Waals surface area (Å²) in [5.41, 5.74) is 1.05. The van der Waals surface area contributed by atoms with Gasteiger partial charge < -0.3 is 4.13 Å². The lowest BCUT2D eigenvalue weighted by atomic mass is 10.2. The molecule has 1 heterocycles. The van der Waals surface area contributed by atoms with Gasteiger partial charge in [0.1, 0.15) is 14.6 Å². The van der Waals surface area contributed by atoms with Crippen molar-refractivity contribution in [3.8, 4) is 0 Å². The first-order valence-electron chi connectivity index (χ1n) is 5.85. The number of aryl methyl sites for hydroxylation is 1. The number of hydrogen-bond acceptors (Lipinski definition) is 3. The van der Waals surface area contributed by atoms with Crippen LogP contribution in [0.1, 0.15) is 18.9 Å². The maximum atomic E-state index is 12.2. The van der Waals surface area contributed by atoms with Gasteiger partial charge in [-0.2, -0.15) is 0 Å². The van der Waals surface area contributed by atoms with Crippen molar-refractivity contribution in [1.29, 1.82) is 0 Å². The molecule has 1 aliphatic rings. The lowest BCUT2D eigenvalue weighted by molar-refractivity contribution is 0.604. The fraction of sp³-hybridized carbons (Fsp3) is 0.500. The third-order valence-corrected chi connectivity index (χ3v) is 8.71. The molecule has 2 rings (SSSR count). The average Bonchev–Trinajstić information content (AvgIpc) is 2.32. The molecule has 6 heteroatoms. The molecule has 0 amide bonds. The van der Waals surface area contributed by atoms with Gasteiger partial charge in [-0.15, -0.1) is 11.8 Å². The second-order valence-electron chi connectivity index (χ2n) is 4.26. The Morgan fingerprint density at radius 2 is 2.00 bits per heavy atom. The summed E-state index contributed by atoms with van der Waals surface area (Å²) in [5.74, 6) is 2.02. The predicted octanol–water partition coefficient (Wildman–Crippen LogP) is 3.07. The molecule has 0 saturated carbocycles. The molecule has 0 spiro atoms. The molecule has 2 atom stereocenters. The first-order chi connectivity index (χ1) is 8.49. The molecule has 18 heavy (non-hydrogen) atoms. The summed E-state index contributed by atoms with van der Waals surface area (Å²) >= 11 is 1.45. The van der Waals surface area contributed by atoms with E-state index in [-0.39, 0.29) is 11.1 Å². The Kier molecular flexibility index (Phi) is 4.64. The van der Waals surface area contributed by atoms with Gasteiger partial charge in [0, 0.05) is 12.2 Å². The third-order valence-electron chi connectivity index (χ3n) is 2.75. The molecule has 1 fully saturated rings. The normalized spacial score (nSPS) is 25.0. The number of nitrogens with zero attached hydrogens (tertiary/aromatic N) is 1. The molecule has 1 saturated heterocycles. The van der Waals surface area contributed by atoms with Gasteiger partial charge in [0.2, 0.25) is 0 Å². The van der Waals surface area contributed by atoms with E-state index in [0.717, 1.165) is 23.5 Å². The molecule has 1 aromatic rings. The van der Waals surface area contributed by atoms with Crippen molar-refractivity contribution in [3.63, 3.8) is 0 Å². The summed E-state index contributed by atoms with van der Waals surface area (Å²) in [7, 11) is -3.49. The minimum atomic E-state index is -3.49. The quantitative estimate of drug-likeness (QED) is 0.806. The predicted molar refractivity (Wildman–Crippen MR) is 80.5 cm³/mol. The Bertz CT molecular complexity index is 499. The first kappa shape index (κ1) is 14.2. The molecule has 1 aliphatic heterocycles. The highest BCUT2D eigenvalue weighted by molar-refractivity contribution is 8.23. The van der Waals surface area contributed by atoms with Crippen molar-refractivity contribution >= 4 is 32.9 Å². The molecule has 0 aliphatic carbocycles. The van der Waals surface area contributed by atoms with Crippen LogP contribution in [0.5, 0.6) is 0 Å². The summed E-state index contributed by atoms with van der Waals surface area (Å²) in [6.45, 7) is 4.01. The van der Waals surface area contributed by atoms with Crippen LogP contribution in [0.15, 0.2) is 29.2 Å². The van der Waals surface area contributed by atoms with Crippen molar-refractivity contribution in [1.82, 2.24) is 0 Å².